The molecule has 1 aromatic rings. The van der Waals surface area contributed by atoms with E-state index in [2.05, 4.69) is 5.10 Å². The molecule has 1 saturated carbocycles. The van der Waals surface area contributed by atoms with E-state index in [1.54, 1.807) is 11.7 Å². The summed E-state index contributed by atoms with van der Waals surface area (Å²) in [6.07, 6.45) is 1.58. The fourth-order valence-corrected chi connectivity index (χ4v) is 1.88. The number of hydrogen-bond donors (Lipinski definition) is 2. The molecule has 0 saturated heterocycles. The molecule has 1 heterocycles. The van der Waals surface area contributed by atoms with Crippen molar-refractivity contribution < 1.29 is 5.11 Å². The largest absolute Gasteiger partial charge is 0.387 e. The molecule has 0 spiro atoms. The monoisotopic (exact) mass is 215 g/mol. The summed E-state index contributed by atoms with van der Waals surface area (Å²) in [6.45, 7) is 0.186. The van der Waals surface area contributed by atoms with E-state index in [1.807, 2.05) is 0 Å². The molecule has 4 nitrogen and oxygen atoms in total. The van der Waals surface area contributed by atoms with Crippen molar-refractivity contribution in [2.75, 3.05) is 6.54 Å². The smallest absolute Gasteiger partial charge is 0.132 e. The van der Waals surface area contributed by atoms with Crippen LogP contribution in [0.5, 0.6) is 0 Å². The van der Waals surface area contributed by atoms with Gasteiger partial charge in [0.25, 0.3) is 0 Å². The quantitative estimate of drug-likeness (QED) is 0.789. The van der Waals surface area contributed by atoms with Crippen LogP contribution in [-0.4, -0.2) is 21.4 Å². The van der Waals surface area contributed by atoms with Crippen LogP contribution in [0.4, 0.5) is 0 Å². The number of rotatable bonds is 3. The van der Waals surface area contributed by atoms with Crippen LogP contribution in [0.25, 0.3) is 0 Å². The number of aliphatic hydroxyl groups excluding tert-OH is 1. The lowest BCUT2D eigenvalue weighted by Gasteiger charge is -2.07. The molecule has 1 unspecified atom stereocenters. The van der Waals surface area contributed by atoms with Gasteiger partial charge in [0, 0.05) is 25.1 Å². The first kappa shape index (κ1) is 9.96. The van der Waals surface area contributed by atoms with Crippen LogP contribution in [0.15, 0.2) is 0 Å². The minimum absolute atomic E-state index is 0.186. The predicted octanol–water partition coefficient (Wildman–Crippen LogP) is 0.943. The van der Waals surface area contributed by atoms with Gasteiger partial charge in [-0.15, -0.1) is 0 Å². The van der Waals surface area contributed by atoms with Gasteiger partial charge in [-0.05, 0) is 12.8 Å². The number of aryl methyl sites for hydroxylation is 1. The van der Waals surface area contributed by atoms with Crippen LogP contribution < -0.4 is 5.73 Å². The maximum Gasteiger partial charge on any atom is 0.132 e. The first-order valence-electron chi connectivity index (χ1n) is 4.75. The fraction of sp³-hybridized carbons (Fsp3) is 0.667. The lowest BCUT2D eigenvalue weighted by Crippen LogP contribution is -2.12. The standard InChI is InChI=1S/C9H14ClN3O/c1-13-9(10)7(6(14)4-11)8(12-13)5-2-3-5/h5-6,14H,2-4,11H2,1H3. The van der Waals surface area contributed by atoms with Crippen molar-refractivity contribution in [1.82, 2.24) is 9.78 Å². The van der Waals surface area contributed by atoms with E-state index in [1.165, 1.54) is 0 Å². The van der Waals surface area contributed by atoms with Gasteiger partial charge < -0.3 is 10.8 Å². The van der Waals surface area contributed by atoms with Crippen LogP contribution in [0.3, 0.4) is 0 Å². The van der Waals surface area contributed by atoms with Crippen LogP contribution in [0, 0.1) is 0 Å². The zero-order valence-electron chi connectivity index (χ0n) is 8.07. The fourth-order valence-electron chi connectivity index (χ4n) is 1.62. The maximum absolute atomic E-state index is 9.72. The van der Waals surface area contributed by atoms with Gasteiger partial charge in [0.2, 0.25) is 0 Å². The van der Waals surface area contributed by atoms with E-state index >= 15 is 0 Å². The highest BCUT2D eigenvalue weighted by molar-refractivity contribution is 6.30. The van der Waals surface area contributed by atoms with Gasteiger partial charge in [-0.1, -0.05) is 11.6 Å². The molecule has 1 aromatic heterocycles. The molecule has 5 heteroatoms. The van der Waals surface area contributed by atoms with Gasteiger partial charge in [-0.2, -0.15) is 5.10 Å². The Hall–Kier alpha value is -0.580. The molecule has 1 aliphatic rings. The Labute approximate surface area is 87.7 Å². The lowest BCUT2D eigenvalue weighted by molar-refractivity contribution is 0.185. The molecule has 1 fully saturated rings. The highest BCUT2D eigenvalue weighted by Crippen LogP contribution is 2.43. The predicted molar refractivity (Wildman–Crippen MR) is 54.2 cm³/mol. The van der Waals surface area contributed by atoms with Crippen molar-refractivity contribution in [3.05, 3.63) is 16.4 Å². The summed E-state index contributed by atoms with van der Waals surface area (Å²) in [5, 5.41) is 14.5. The van der Waals surface area contributed by atoms with Crippen LogP contribution >= 0.6 is 11.6 Å². The van der Waals surface area contributed by atoms with Gasteiger partial charge >= 0.3 is 0 Å². The number of nitrogens with two attached hydrogens (primary N) is 1. The average molecular weight is 216 g/mol. The van der Waals surface area contributed by atoms with Crippen molar-refractivity contribution in [1.29, 1.82) is 0 Å². The summed E-state index contributed by atoms with van der Waals surface area (Å²) in [6, 6.07) is 0. The van der Waals surface area contributed by atoms with Crippen LogP contribution in [0.2, 0.25) is 5.15 Å². The third-order valence-electron chi connectivity index (χ3n) is 2.56. The SMILES string of the molecule is Cn1nc(C2CC2)c(C(O)CN)c1Cl. The molecular formula is C9H14ClN3O. The Kier molecular flexibility index (Phi) is 2.51. The first-order chi connectivity index (χ1) is 6.65. The molecule has 0 bridgehead atoms. The Morgan fingerprint density at radius 2 is 2.36 bits per heavy atom. The van der Waals surface area contributed by atoms with E-state index in [-0.39, 0.29) is 6.54 Å². The van der Waals surface area contributed by atoms with Crippen LogP contribution in [-0.2, 0) is 7.05 Å². The van der Waals surface area contributed by atoms with E-state index in [0.29, 0.717) is 11.1 Å². The second-order valence-electron chi connectivity index (χ2n) is 3.74. The Bertz CT molecular complexity index is 346. The number of aliphatic hydroxyl groups is 1. The molecular weight excluding hydrogens is 202 g/mol. The van der Waals surface area contributed by atoms with E-state index < -0.39 is 6.10 Å². The summed E-state index contributed by atoms with van der Waals surface area (Å²) in [5.41, 5.74) is 7.07. The van der Waals surface area contributed by atoms with Crippen molar-refractivity contribution in [3.63, 3.8) is 0 Å². The van der Waals surface area contributed by atoms with Crippen molar-refractivity contribution in [2.24, 2.45) is 12.8 Å². The van der Waals surface area contributed by atoms with Gasteiger partial charge in [0.05, 0.1) is 11.8 Å². The zero-order chi connectivity index (χ0) is 10.3. The molecule has 0 aromatic carbocycles. The first-order valence-corrected chi connectivity index (χ1v) is 5.13. The average Bonchev–Trinajstić information content (AvgIpc) is 2.95. The lowest BCUT2D eigenvalue weighted by atomic mass is 10.1. The Morgan fingerprint density at radius 1 is 1.71 bits per heavy atom. The molecule has 1 atom stereocenters. The minimum atomic E-state index is -0.688. The molecule has 1 aliphatic carbocycles. The minimum Gasteiger partial charge on any atom is -0.387 e. The van der Waals surface area contributed by atoms with E-state index in [4.69, 9.17) is 17.3 Å². The second-order valence-corrected chi connectivity index (χ2v) is 4.10. The third kappa shape index (κ3) is 1.54. The van der Waals surface area contributed by atoms with Gasteiger partial charge in [-0.25, -0.2) is 0 Å². The van der Waals surface area contributed by atoms with Crippen molar-refractivity contribution >= 4 is 11.6 Å². The number of nitrogens with zero attached hydrogens (tertiary/aromatic N) is 2. The topological polar surface area (TPSA) is 64.1 Å². The number of halogens is 1. The number of aromatic nitrogens is 2. The molecule has 0 radical (unpaired) electrons. The van der Waals surface area contributed by atoms with Gasteiger partial charge in [0.15, 0.2) is 0 Å². The molecule has 2 rings (SSSR count). The van der Waals surface area contributed by atoms with Gasteiger partial charge in [0.1, 0.15) is 5.15 Å². The Balaban J connectivity index is 2.42. The second kappa shape index (κ2) is 3.53. The van der Waals surface area contributed by atoms with Crippen molar-refractivity contribution in [2.45, 2.75) is 24.9 Å². The van der Waals surface area contributed by atoms with Gasteiger partial charge in [-0.3, -0.25) is 4.68 Å². The summed E-state index contributed by atoms with van der Waals surface area (Å²) >= 11 is 6.04. The van der Waals surface area contributed by atoms with Crippen LogP contribution in [0.1, 0.15) is 36.1 Å². The molecule has 0 amide bonds. The molecule has 14 heavy (non-hydrogen) atoms. The summed E-state index contributed by atoms with van der Waals surface area (Å²) in [7, 11) is 1.78. The summed E-state index contributed by atoms with van der Waals surface area (Å²) < 4.78 is 1.60. The zero-order valence-corrected chi connectivity index (χ0v) is 8.83. The Morgan fingerprint density at radius 3 is 2.86 bits per heavy atom. The van der Waals surface area contributed by atoms with E-state index in [0.717, 1.165) is 24.1 Å². The molecule has 78 valence electrons. The highest BCUT2D eigenvalue weighted by atomic mass is 35.5. The summed E-state index contributed by atoms with van der Waals surface area (Å²) in [4.78, 5) is 0. The highest BCUT2D eigenvalue weighted by Gasteiger charge is 2.32. The molecule has 0 aliphatic heterocycles. The normalized spacial score (nSPS) is 18.6. The number of hydrogen-bond acceptors (Lipinski definition) is 3. The summed E-state index contributed by atoms with van der Waals surface area (Å²) in [5.74, 6) is 0.477. The van der Waals surface area contributed by atoms with E-state index in [9.17, 15) is 5.11 Å². The molecule has 3 N–H and O–H groups in total. The van der Waals surface area contributed by atoms with Crippen molar-refractivity contribution in [3.8, 4) is 0 Å². The maximum atomic E-state index is 9.72. The third-order valence-corrected chi connectivity index (χ3v) is 3.01.